The zero-order chi connectivity index (χ0) is 14.8. The standard InChI is InChI=1S/C16H26N2OS/c1-5-6-16(7-8-17-10-16)15(19)18-12(3)14-9-11(2)20-13(14)4/h9,12,17H,5-8,10H2,1-4H3,(H,18,19). The minimum Gasteiger partial charge on any atom is -0.349 e. The van der Waals surface area contributed by atoms with Crippen LogP contribution in [0.5, 0.6) is 0 Å². The molecule has 2 atom stereocenters. The molecule has 3 nitrogen and oxygen atoms in total. The Morgan fingerprint density at radius 2 is 2.30 bits per heavy atom. The number of amides is 1. The van der Waals surface area contributed by atoms with Crippen molar-refractivity contribution in [2.75, 3.05) is 13.1 Å². The van der Waals surface area contributed by atoms with E-state index in [1.807, 2.05) is 0 Å². The topological polar surface area (TPSA) is 41.1 Å². The highest BCUT2D eigenvalue weighted by atomic mass is 32.1. The number of thiophene rings is 1. The van der Waals surface area contributed by atoms with Crippen molar-refractivity contribution in [3.8, 4) is 0 Å². The van der Waals surface area contributed by atoms with Crippen LogP contribution in [0.3, 0.4) is 0 Å². The third-order valence-corrected chi connectivity index (χ3v) is 5.33. The molecule has 0 bridgehead atoms. The molecule has 0 spiro atoms. The largest absolute Gasteiger partial charge is 0.349 e. The maximum atomic E-state index is 12.7. The van der Waals surface area contributed by atoms with E-state index in [0.29, 0.717) is 0 Å². The highest BCUT2D eigenvalue weighted by Crippen LogP contribution is 2.33. The maximum absolute atomic E-state index is 12.7. The minimum atomic E-state index is -0.192. The van der Waals surface area contributed by atoms with E-state index in [9.17, 15) is 4.79 Å². The third-order valence-electron chi connectivity index (χ3n) is 4.35. The van der Waals surface area contributed by atoms with Gasteiger partial charge in [-0.15, -0.1) is 11.3 Å². The SMILES string of the molecule is CCCC1(C(=O)NC(C)c2cc(C)sc2C)CCNC1. The van der Waals surface area contributed by atoms with Crippen LogP contribution >= 0.6 is 11.3 Å². The number of carbonyl (C=O) groups excluding carboxylic acids is 1. The van der Waals surface area contributed by atoms with Crippen LogP contribution < -0.4 is 10.6 Å². The molecule has 1 saturated heterocycles. The van der Waals surface area contributed by atoms with Crippen molar-refractivity contribution in [3.05, 3.63) is 21.4 Å². The third kappa shape index (κ3) is 3.07. The van der Waals surface area contributed by atoms with E-state index < -0.39 is 0 Å². The van der Waals surface area contributed by atoms with Gasteiger partial charge in [-0.1, -0.05) is 13.3 Å². The summed E-state index contributed by atoms with van der Waals surface area (Å²) in [6.45, 7) is 10.3. The van der Waals surface area contributed by atoms with Crippen LogP contribution in [-0.4, -0.2) is 19.0 Å². The van der Waals surface area contributed by atoms with E-state index in [1.165, 1.54) is 15.3 Å². The molecule has 0 radical (unpaired) electrons. The highest BCUT2D eigenvalue weighted by Gasteiger charge is 2.40. The second-order valence-corrected chi connectivity index (χ2v) is 7.48. The molecule has 2 heterocycles. The predicted molar refractivity (Wildman–Crippen MR) is 85.2 cm³/mol. The average Bonchev–Trinajstić information content (AvgIpc) is 2.97. The molecule has 2 unspecified atom stereocenters. The van der Waals surface area contributed by atoms with E-state index in [4.69, 9.17) is 0 Å². The quantitative estimate of drug-likeness (QED) is 0.874. The normalized spacial score (nSPS) is 23.8. The summed E-state index contributed by atoms with van der Waals surface area (Å²) < 4.78 is 0. The number of hydrogen-bond acceptors (Lipinski definition) is 3. The Kier molecular flexibility index (Phi) is 4.86. The van der Waals surface area contributed by atoms with E-state index >= 15 is 0 Å². The zero-order valence-electron chi connectivity index (χ0n) is 13.0. The van der Waals surface area contributed by atoms with Crippen LogP contribution in [0.25, 0.3) is 0 Å². The molecule has 20 heavy (non-hydrogen) atoms. The van der Waals surface area contributed by atoms with Gasteiger partial charge < -0.3 is 10.6 Å². The molecule has 1 amide bonds. The van der Waals surface area contributed by atoms with Crippen molar-refractivity contribution in [2.24, 2.45) is 5.41 Å². The summed E-state index contributed by atoms with van der Waals surface area (Å²) in [6.07, 6.45) is 2.99. The molecule has 0 aliphatic carbocycles. The zero-order valence-corrected chi connectivity index (χ0v) is 13.8. The maximum Gasteiger partial charge on any atom is 0.228 e. The Labute approximate surface area is 126 Å². The number of hydrogen-bond donors (Lipinski definition) is 2. The first kappa shape index (κ1) is 15.5. The van der Waals surface area contributed by atoms with Crippen LogP contribution in [0.1, 0.15) is 54.5 Å². The van der Waals surface area contributed by atoms with Crippen LogP contribution in [0.4, 0.5) is 0 Å². The monoisotopic (exact) mass is 294 g/mol. The molecule has 112 valence electrons. The fourth-order valence-electron chi connectivity index (χ4n) is 3.25. The molecule has 1 aromatic rings. The lowest BCUT2D eigenvalue weighted by Gasteiger charge is -2.28. The second kappa shape index (κ2) is 6.27. The van der Waals surface area contributed by atoms with Gasteiger partial charge in [0.15, 0.2) is 0 Å². The first-order valence-electron chi connectivity index (χ1n) is 7.57. The van der Waals surface area contributed by atoms with Crippen LogP contribution in [-0.2, 0) is 4.79 Å². The number of aryl methyl sites for hydroxylation is 2. The van der Waals surface area contributed by atoms with Crippen molar-refractivity contribution < 1.29 is 4.79 Å². The fraction of sp³-hybridized carbons (Fsp3) is 0.688. The molecular formula is C16H26N2OS. The summed E-state index contributed by atoms with van der Waals surface area (Å²) in [5, 5.41) is 6.59. The minimum absolute atomic E-state index is 0.0989. The molecule has 1 aromatic heterocycles. The van der Waals surface area contributed by atoms with Crippen LogP contribution in [0, 0.1) is 19.3 Å². The first-order valence-corrected chi connectivity index (χ1v) is 8.39. The molecular weight excluding hydrogens is 268 g/mol. The molecule has 1 aliphatic rings. The van der Waals surface area contributed by atoms with Gasteiger partial charge in [0, 0.05) is 16.3 Å². The van der Waals surface area contributed by atoms with E-state index in [1.54, 1.807) is 11.3 Å². The van der Waals surface area contributed by atoms with Gasteiger partial charge in [0.05, 0.1) is 11.5 Å². The fourth-order valence-corrected chi connectivity index (χ4v) is 4.27. The molecule has 4 heteroatoms. The molecule has 0 saturated carbocycles. The Balaban J connectivity index is 2.08. The van der Waals surface area contributed by atoms with E-state index in [-0.39, 0.29) is 17.4 Å². The van der Waals surface area contributed by atoms with Crippen molar-refractivity contribution in [1.82, 2.24) is 10.6 Å². The first-order chi connectivity index (χ1) is 9.48. The molecule has 1 fully saturated rings. The van der Waals surface area contributed by atoms with Gasteiger partial charge in [-0.3, -0.25) is 4.79 Å². The summed E-state index contributed by atoms with van der Waals surface area (Å²) in [4.78, 5) is 15.3. The van der Waals surface area contributed by atoms with Gasteiger partial charge in [-0.2, -0.15) is 0 Å². The Hall–Kier alpha value is -0.870. The van der Waals surface area contributed by atoms with Gasteiger partial charge in [0.1, 0.15) is 0 Å². The van der Waals surface area contributed by atoms with Crippen LogP contribution in [0.15, 0.2) is 6.07 Å². The van der Waals surface area contributed by atoms with Gasteiger partial charge >= 0.3 is 0 Å². The summed E-state index contributed by atoms with van der Waals surface area (Å²) >= 11 is 1.80. The Morgan fingerprint density at radius 1 is 1.55 bits per heavy atom. The van der Waals surface area contributed by atoms with Crippen molar-refractivity contribution in [1.29, 1.82) is 0 Å². The smallest absolute Gasteiger partial charge is 0.228 e. The number of nitrogens with one attached hydrogen (secondary N) is 2. The lowest BCUT2D eigenvalue weighted by atomic mass is 9.81. The second-order valence-electron chi connectivity index (χ2n) is 6.02. The molecule has 2 rings (SSSR count). The van der Waals surface area contributed by atoms with Gasteiger partial charge in [0.25, 0.3) is 0 Å². The summed E-state index contributed by atoms with van der Waals surface area (Å²) in [6, 6.07) is 2.30. The van der Waals surface area contributed by atoms with Crippen LogP contribution in [0.2, 0.25) is 0 Å². The lowest BCUT2D eigenvalue weighted by molar-refractivity contribution is -0.131. The van der Waals surface area contributed by atoms with Gasteiger partial charge in [0.2, 0.25) is 5.91 Å². The van der Waals surface area contributed by atoms with E-state index in [2.05, 4.69) is 44.4 Å². The summed E-state index contributed by atoms with van der Waals surface area (Å²) in [5.74, 6) is 0.222. The van der Waals surface area contributed by atoms with Crippen molar-refractivity contribution >= 4 is 17.2 Å². The highest BCUT2D eigenvalue weighted by molar-refractivity contribution is 7.12. The van der Waals surface area contributed by atoms with Gasteiger partial charge in [-0.05, 0) is 51.8 Å². The Bertz CT molecular complexity index is 475. The lowest BCUT2D eigenvalue weighted by Crippen LogP contribution is -2.43. The van der Waals surface area contributed by atoms with Crippen molar-refractivity contribution in [2.45, 2.75) is 53.0 Å². The average molecular weight is 294 g/mol. The molecule has 0 aromatic carbocycles. The molecule has 2 N–H and O–H groups in total. The number of carbonyl (C=O) groups is 1. The molecule has 1 aliphatic heterocycles. The Morgan fingerprint density at radius 3 is 2.80 bits per heavy atom. The predicted octanol–water partition coefficient (Wildman–Crippen LogP) is 3.32. The summed E-state index contributed by atoms with van der Waals surface area (Å²) in [5.41, 5.74) is 1.07. The summed E-state index contributed by atoms with van der Waals surface area (Å²) in [7, 11) is 0. The van der Waals surface area contributed by atoms with Crippen molar-refractivity contribution in [3.63, 3.8) is 0 Å². The van der Waals surface area contributed by atoms with E-state index in [0.717, 1.165) is 32.4 Å². The van der Waals surface area contributed by atoms with Gasteiger partial charge in [-0.25, -0.2) is 0 Å². The number of rotatable bonds is 5.